The van der Waals surface area contributed by atoms with E-state index in [0.29, 0.717) is 12.2 Å². The van der Waals surface area contributed by atoms with Gasteiger partial charge >= 0.3 is 75.4 Å². The highest BCUT2D eigenvalue weighted by Crippen LogP contribution is 2.57. The van der Waals surface area contributed by atoms with E-state index < -0.39 is 245 Å². The second kappa shape index (κ2) is 39.6. The lowest BCUT2D eigenvalue weighted by atomic mass is 10.2. The van der Waals surface area contributed by atoms with E-state index in [0.717, 1.165) is 73.2 Å². The van der Waals surface area contributed by atoms with Crippen LogP contribution in [0.4, 0.5) is 34.9 Å². The van der Waals surface area contributed by atoms with Gasteiger partial charge in [-0.2, -0.15) is 37.5 Å². The van der Waals surface area contributed by atoms with Crippen LogP contribution in [-0.4, -0.2) is 227 Å². The molecule has 23 atom stereocenters. The molecule has 7 aromatic heterocycles. The molecule has 5 unspecified atom stereocenters. The number of fused-ring (bicyclic) bond motifs is 1. The molecule has 6 aliphatic rings. The van der Waals surface area contributed by atoms with Crippen LogP contribution in [0.25, 0.3) is 11.2 Å². The maximum absolute atomic E-state index is 14.4. The van der Waals surface area contributed by atoms with E-state index in [1.54, 1.807) is 0 Å². The van der Waals surface area contributed by atoms with Crippen molar-refractivity contribution in [2.75, 3.05) is 86.4 Å². The van der Waals surface area contributed by atoms with E-state index in [1.165, 1.54) is 47.4 Å². The molecule has 682 valence electrons. The number of rotatable bonds is 41. The van der Waals surface area contributed by atoms with Crippen molar-refractivity contribution < 1.29 is 145 Å². The summed E-state index contributed by atoms with van der Waals surface area (Å²) in [6.45, 7) is -5.29. The summed E-state index contributed by atoms with van der Waals surface area (Å²) < 4.78 is 191. The van der Waals surface area contributed by atoms with Gasteiger partial charge < -0.3 is 102 Å². The minimum Gasteiger partial charge on any atom is -0.383 e. The lowest BCUT2D eigenvalue weighted by molar-refractivity contribution is -0.0697. The highest BCUT2D eigenvalue weighted by atomic mass is 32.1. The van der Waals surface area contributed by atoms with Crippen molar-refractivity contribution in [2.24, 2.45) is 0 Å². The smallest absolute Gasteiger partial charge is 0.383 e. The van der Waals surface area contributed by atoms with E-state index in [4.69, 9.17) is 117 Å². The number of hydrogen-bond acceptors (Lipinski definition) is 44. The first-order chi connectivity index (χ1) is 58.6. The Morgan fingerprint density at radius 2 is 0.629 bits per heavy atom. The zero-order valence-electron chi connectivity index (χ0n) is 64.4. The topological polar surface area (TPSA) is 784 Å². The highest BCUT2D eigenvalue weighted by Gasteiger charge is 2.52. The Morgan fingerprint density at radius 3 is 0.903 bits per heavy atom. The summed E-state index contributed by atoms with van der Waals surface area (Å²) in [4.78, 5) is 173. The highest BCUT2D eigenvalue weighted by molar-refractivity contribution is 7.80. The molecule has 0 aliphatic carbocycles. The van der Waals surface area contributed by atoms with Gasteiger partial charge in [-0.1, -0.05) is 12.8 Å². The average molecular weight is 1890 g/mol. The number of ether oxygens (including phenoxy) is 7. The van der Waals surface area contributed by atoms with Crippen LogP contribution in [0.15, 0.2) is 97.9 Å². The van der Waals surface area contributed by atoms with E-state index in [1.807, 2.05) is 0 Å². The number of nitrogen functional groups attached to an aromatic ring is 6. The van der Waals surface area contributed by atoms with E-state index in [2.05, 4.69) is 52.5 Å². The van der Waals surface area contributed by atoms with Gasteiger partial charge in [0.25, 0.3) is 0 Å². The third-order valence-corrected chi connectivity index (χ3v) is 25.6. The van der Waals surface area contributed by atoms with E-state index in [-0.39, 0.29) is 72.1 Å². The fourth-order valence-corrected chi connectivity index (χ4v) is 19.6. The molecule has 0 saturated carbocycles. The van der Waals surface area contributed by atoms with Gasteiger partial charge in [0.2, 0.25) is 0 Å². The molecule has 6 saturated heterocycles. The van der Waals surface area contributed by atoms with Gasteiger partial charge in [-0.15, -0.1) is 0 Å². The number of phosphoric acid groups is 6. The third-order valence-electron chi connectivity index (χ3n) is 19.7. The van der Waals surface area contributed by atoms with Crippen molar-refractivity contribution in [3.63, 3.8) is 0 Å². The molecule has 0 bridgehead atoms. The van der Waals surface area contributed by atoms with Crippen molar-refractivity contribution in [1.29, 1.82) is 0 Å². The van der Waals surface area contributed by atoms with Gasteiger partial charge in [-0.3, -0.25) is 77.2 Å². The van der Waals surface area contributed by atoms with Gasteiger partial charge in [0.15, 0.2) is 11.5 Å². The second-order valence-corrected chi connectivity index (χ2v) is 37.0. The Morgan fingerprint density at radius 1 is 0.363 bits per heavy atom. The molecule has 19 N–H and O–H groups in total. The Labute approximate surface area is 702 Å². The maximum Gasteiger partial charge on any atom is 0.472 e. The average Bonchev–Trinajstić information content (AvgIpc) is 1.63. The van der Waals surface area contributed by atoms with Gasteiger partial charge in [-0.05, 0) is 48.9 Å². The first-order valence-corrected chi connectivity index (χ1v) is 47.1. The molecule has 13 rings (SSSR count). The van der Waals surface area contributed by atoms with Gasteiger partial charge in [0.1, 0.15) is 152 Å². The van der Waals surface area contributed by atoms with Crippen molar-refractivity contribution in [3.8, 4) is 0 Å². The molecule has 6 aliphatic heterocycles. The summed E-state index contributed by atoms with van der Waals surface area (Å²) in [5.41, 5.74) is 30.0. The van der Waals surface area contributed by atoms with Crippen LogP contribution in [0.3, 0.4) is 0 Å². The van der Waals surface area contributed by atoms with Crippen LogP contribution < -0.4 is 62.9 Å². The molecule has 124 heavy (non-hydrogen) atoms. The summed E-state index contributed by atoms with van der Waals surface area (Å²) in [6.07, 6.45) is -19.2. The maximum atomic E-state index is 14.4. The fourth-order valence-electron chi connectivity index (χ4n) is 14.0. The molecule has 13 heterocycles. The lowest BCUT2D eigenvalue weighted by Gasteiger charge is -2.26. The summed E-state index contributed by atoms with van der Waals surface area (Å²) in [7, 11) is -32.9. The number of aromatic nitrogens is 14. The van der Waals surface area contributed by atoms with Gasteiger partial charge in [0.05, 0.1) is 46.0 Å². The van der Waals surface area contributed by atoms with Gasteiger partial charge in [0, 0.05) is 76.1 Å². The van der Waals surface area contributed by atoms with Crippen LogP contribution in [0.5, 0.6) is 0 Å². The van der Waals surface area contributed by atoms with Crippen LogP contribution >= 0.6 is 59.6 Å². The molecular formula is C61H86N20O36P6S. The number of unbranched alkanes of at least 4 members (excludes halogenated alkanes) is 3. The van der Waals surface area contributed by atoms with Crippen molar-refractivity contribution in [2.45, 2.75) is 175 Å². The number of imidazole rings is 1. The molecule has 0 radical (unpaired) electrons. The molecule has 0 amide bonds. The summed E-state index contributed by atoms with van der Waals surface area (Å²) in [6, 6.07) is 6.08. The summed E-state index contributed by atoms with van der Waals surface area (Å²) in [5.74, 6) is -0.348. The Kier molecular flexibility index (Phi) is 30.1. The quantitative estimate of drug-likeness (QED) is 0.0134. The fraction of sp³-hybridized carbons (Fsp3) is 0.590. The zero-order valence-corrected chi connectivity index (χ0v) is 70.6. The van der Waals surface area contributed by atoms with Crippen molar-refractivity contribution in [3.05, 3.63) is 126 Å². The first kappa shape index (κ1) is 94.1. The van der Waals surface area contributed by atoms with Gasteiger partial charge in [-0.25, -0.2) is 66.3 Å². The molecule has 6 fully saturated rings. The number of hydrogen-bond donors (Lipinski definition) is 14. The molecular weight excluding hydrogens is 1810 g/mol. The summed E-state index contributed by atoms with van der Waals surface area (Å²) in [5, 5.41) is 0. The van der Waals surface area contributed by atoms with Crippen molar-refractivity contribution >= 4 is 106 Å². The van der Waals surface area contributed by atoms with E-state index >= 15 is 0 Å². The number of phosphoric ester groups is 6. The van der Waals surface area contributed by atoms with Crippen LogP contribution in [0, 0.1) is 0 Å². The largest absolute Gasteiger partial charge is 0.472 e. The zero-order chi connectivity index (χ0) is 89.0. The normalized spacial score (nSPS) is 29.1. The van der Waals surface area contributed by atoms with Crippen molar-refractivity contribution in [1.82, 2.24) is 67.3 Å². The standard InChI is InChI=1S/C61H86N20O36P6S/c62-43-5-10-76(57(82)71-43)48-18-32(37(106-48)23-100-15-3-1-2-4-16-124)113-119(90,91)102-25-39-34(20-50(107-39)78-12-7-45(64)73-59(78)84)115-121(94,95)104-27-41-36(22-52(109-41)80-14-9-47(66)75-61(80)86)117-123(98,99)105-28-42-35(21-51(110-42)79-13-8-46(65)74-60(79)85)116-122(96,97)103-26-40-33(19-49(108-40)77-11-6-44(63)72-58(77)83)114-120(92,93)101-24-38-31(112-118(87,88)89)17-53(111-38)81-30-70-54-55(67)68-29-69-56(54)81/h5-14,29-42,48-53,124H,1-4,15-28H2,(H,90,91)(H,92,93)(H,94,95)(H,96,97)(H,98,99)(H2,62,71,82)(H2,63,72,83)(H2,64,73,84)(H2,65,74,85)(H2,66,75,86)(H2,67,68,69)(H2,87,88,89)/t31-,32-,33-,34-,35-,36-,37+,38+,39+,40+,41+,42+,48+,49+,50+,51+,52+,53+/m0/s1. The Bertz CT molecular complexity index is 5590. The predicted octanol–water partition coefficient (Wildman–Crippen LogP) is -0.175. The first-order valence-electron chi connectivity index (χ1n) is 37.4. The third kappa shape index (κ3) is 24.5. The summed E-state index contributed by atoms with van der Waals surface area (Å²) >= 11 is 4.23. The second-order valence-electron chi connectivity index (χ2n) is 28.4. The Balaban J connectivity index is 0.680. The molecule has 7 aromatic rings. The Hall–Kier alpha value is -7.52. The minimum absolute atomic E-state index is 0.0206. The van der Waals surface area contributed by atoms with E-state index in [9.17, 15) is 85.6 Å². The van der Waals surface area contributed by atoms with Crippen LogP contribution in [0.2, 0.25) is 0 Å². The monoisotopic (exact) mass is 1890 g/mol. The van der Waals surface area contributed by atoms with Crippen LogP contribution in [0.1, 0.15) is 102 Å². The lowest BCUT2D eigenvalue weighted by Crippen LogP contribution is -2.32. The SMILES string of the molecule is Nc1ccn([C@H]2C[C@H](OP(=O)(O)OC[C@H]3O[C@@H](n4ccc(N)nc4=O)C[C@@H]3OP(=O)(O)OC[C@H]3O[C@@H](n4ccc(N)nc4=O)C[C@@H]3OP(=O)(O)OC[C@H]3O[C@@H](n4ccc(N)nc4=O)C[C@@H]3OP(=O)(O)OC[C@H]3O[C@@H](n4ccc(N)nc4=O)C[C@@H]3OP(=O)(O)OC[C@H]3O[C@@H](n4cnc5c(N)ncnc54)C[C@@H]3OP(=O)(O)O)[C@@H](COCCCCCCS)O2)c(=O)n1. The minimum atomic E-state index is -5.65. The number of nitrogens with two attached hydrogens (primary N) is 6. The molecule has 0 spiro atoms. The number of nitrogens with zero attached hydrogens (tertiary/aromatic N) is 14. The molecule has 56 nitrogen and oxygen atoms in total. The number of thiol groups is 1. The predicted molar refractivity (Wildman–Crippen MR) is 419 cm³/mol. The molecule has 0 aromatic carbocycles. The van der Waals surface area contributed by atoms with Crippen LogP contribution in [-0.2, 0) is 110 Å². The molecule has 63 heteroatoms. The number of anilines is 6.